The highest BCUT2D eigenvalue weighted by molar-refractivity contribution is 9.10. The van der Waals surface area contributed by atoms with Gasteiger partial charge < -0.3 is 0 Å². The van der Waals surface area contributed by atoms with Gasteiger partial charge in [0.1, 0.15) is 5.82 Å². The van der Waals surface area contributed by atoms with Crippen LogP contribution in [0.2, 0.25) is 0 Å². The van der Waals surface area contributed by atoms with Gasteiger partial charge in [-0.1, -0.05) is 40.2 Å². The average Bonchev–Trinajstić information content (AvgIpc) is 2.97. The zero-order valence-electron chi connectivity index (χ0n) is 10.9. The lowest BCUT2D eigenvalue weighted by Gasteiger charge is -2.09. The van der Waals surface area contributed by atoms with Gasteiger partial charge in [0, 0.05) is 21.8 Å². The topological polar surface area (TPSA) is 17.8 Å². The van der Waals surface area contributed by atoms with E-state index in [4.69, 9.17) is 11.6 Å². The highest BCUT2D eigenvalue weighted by Gasteiger charge is 2.17. The van der Waals surface area contributed by atoms with Crippen molar-refractivity contribution in [3.8, 4) is 5.69 Å². The Kier molecular flexibility index (Phi) is 4.08. The molecule has 1 unspecified atom stereocenters. The van der Waals surface area contributed by atoms with Crippen LogP contribution in [-0.4, -0.2) is 9.78 Å². The van der Waals surface area contributed by atoms with E-state index in [0.29, 0.717) is 10.0 Å². The first-order valence-electron chi connectivity index (χ1n) is 6.34. The Bertz CT molecular complexity index is 758. The molecule has 0 bridgehead atoms. The van der Waals surface area contributed by atoms with Gasteiger partial charge in [-0.25, -0.2) is 9.07 Å². The molecule has 1 heterocycles. The van der Waals surface area contributed by atoms with E-state index in [1.165, 1.54) is 6.07 Å². The maximum Gasteiger partial charge on any atom is 0.129 e. The molecule has 3 rings (SSSR count). The molecule has 0 radical (unpaired) electrons. The second kappa shape index (κ2) is 6.00. The van der Waals surface area contributed by atoms with E-state index in [9.17, 15) is 4.39 Å². The molecule has 0 spiro atoms. The van der Waals surface area contributed by atoms with Crippen molar-refractivity contribution in [2.75, 3.05) is 0 Å². The Labute approximate surface area is 135 Å². The molecular formula is C16H11BrClFN2. The lowest BCUT2D eigenvalue weighted by Crippen LogP contribution is -1.96. The number of benzene rings is 2. The van der Waals surface area contributed by atoms with Crippen LogP contribution >= 0.6 is 27.5 Å². The summed E-state index contributed by atoms with van der Waals surface area (Å²) in [5.74, 6) is -0.336. The van der Waals surface area contributed by atoms with Gasteiger partial charge in [0.05, 0.1) is 17.3 Å². The third-order valence-corrected chi connectivity index (χ3v) is 4.13. The summed E-state index contributed by atoms with van der Waals surface area (Å²) in [6.07, 6.45) is 3.47. The first-order chi connectivity index (χ1) is 10.1. The number of hydrogen-bond acceptors (Lipinski definition) is 1. The quantitative estimate of drug-likeness (QED) is 0.590. The number of halogens is 3. The molecule has 0 N–H and O–H groups in total. The highest BCUT2D eigenvalue weighted by Crippen LogP contribution is 2.31. The monoisotopic (exact) mass is 364 g/mol. The van der Waals surface area contributed by atoms with Crippen molar-refractivity contribution in [3.63, 3.8) is 0 Å². The SMILES string of the molecule is Fc1cc(Br)ccc1C(Cl)c1cnn(-c2ccccc2)c1. The summed E-state index contributed by atoms with van der Waals surface area (Å²) < 4.78 is 16.4. The third-order valence-electron chi connectivity index (χ3n) is 3.15. The predicted molar refractivity (Wildman–Crippen MR) is 85.4 cm³/mol. The van der Waals surface area contributed by atoms with Crippen LogP contribution in [0.5, 0.6) is 0 Å². The molecule has 3 aromatic rings. The maximum atomic E-state index is 14.0. The summed E-state index contributed by atoms with van der Waals surface area (Å²) in [6, 6.07) is 14.6. The van der Waals surface area contributed by atoms with Crippen LogP contribution in [0.3, 0.4) is 0 Å². The van der Waals surface area contributed by atoms with Gasteiger partial charge in [-0.2, -0.15) is 5.10 Å². The van der Waals surface area contributed by atoms with Crippen molar-refractivity contribution >= 4 is 27.5 Å². The maximum absolute atomic E-state index is 14.0. The predicted octanol–water partition coefficient (Wildman–Crippen LogP) is 5.10. The summed E-state index contributed by atoms with van der Waals surface area (Å²) in [5, 5.41) is 3.71. The van der Waals surface area contributed by atoms with Crippen LogP contribution in [0.4, 0.5) is 4.39 Å². The second-order valence-electron chi connectivity index (χ2n) is 4.58. The molecule has 1 aromatic heterocycles. The number of hydrogen-bond donors (Lipinski definition) is 0. The zero-order chi connectivity index (χ0) is 14.8. The van der Waals surface area contributed by atoms with Gasteiger partial charge in [0.25, 0.3) is 0 Å². The first-order valence-corrected chi connectivity index (χ1v) is 7.57. The fraction of sp³-hybridized carbons (Fsp3) is 0.0625. The minimum absolute atomic E-state index is 0.336. The summed E-state index contributed by atoms with van der Waals surface area (Å²) in [5.41, 5.74) is 2.12. The minimum Gasteiger partial charge on any atom is -0.241 e. The van der Waals surface area contributed by atoms with Crippen LogP contribution in [0.1, 0.15) is 16.5 Å². The zero-order valence-corrected chi connectivity index (χ0v) is 13.2. The van der Waals surface area contributed by atoms with Gasteiger partial charge in [-0.15, -0.1) is 11.6 Å². The Morgan fingerprint density at radius 3 is 2.62 bits per heavy atom. The lowest BCUT2D eigenvalue weighted by molar-refractivity contribution is 0.611. The van der Waals surface area contributed by atoms with Crippen molar-refractivity contribution in [3.05, 3.63) is 82.3 Å². The molecule has 0 saturated heterocycles. The Balaban J connectivity index is 1.92. The van der Waals surface area contributed by atoms with Crippen molar-refractivity contribution in [2.45, 2.75) is 5.38 Å². The van der Waals surface area contributed by atoms with Crippen molar-refractivity contribution in [1.82, 2.24) is 9.78 Å². The molecule has 5 heteroatoms. The van der Waals surface area contributed by atoms with Gasteiger partial charge in [-0.05, 0) is 24.3 Å². The van der Waals surface area contributed by atoms with Crippen LogP contribution in [0.25, 0.3) is 5.69 Å². The van der Waals surface area contributed by atoms with E-state index in [0.717, 1.165) is 11.3 Å². The molecule has 0 saturated carbocycles. The molecule has 21 heavy (non-hydrogen) atoms. The molecule has 0 fully saturated rings. The Morgan fingerprint density at radius 2 is 1.90 bits per heavy atom. The summed E-state index contributed by atoms with van der Waals surface area (Å²) in [7, 11) is 0. The number of para-hydroxylation sites is 1. The number of rotatable bonds is 3. The average molecular weight is 366 g/mol. The molecule has 0 aliphatic carbocycles. The van der Waals surface area contributed by atoms with Crippen molar-refractivity contribution in [1.29, 1.82) is 0 Å². The Hall–Kier alpha value is -1.65. The van der Waals surface area contributed by atoms with E-state index >= 15 is 0 Å². The third kappa shape index (κ3) is 3.01. The summed E-state index contributed by atoms with van der Waals surface area (Å²) >= 11 is 9.62. The molecule has 2 aromatic carbocycles. The molecule has 0 aliphatic rings. The van der Waals surface area contributed by atoms with E-state index in [1.54, 1.807) is 23.0 Å². The van der Waals surface area contributed by atoms with Gasteiger partial charge in [-0.3, -0.25) is 0 Å². The largest absolute Gasteiger partial charge is 0.241 e. The number of alkyl halides is 1. The molecule has 0 aliphatic heterocycles. The standard InChI is InChI=1S/C16H11BrClFN2/c17-12-6-7-14(15(19)8-12)16(18)11-9-20-21(10-11)13-4-2-1-3-5-13/h1-10,16H. The molecule has 1 atom stereocenters. The van der Waals surface area contributed by atoms with E-state index < -0.39 is 5.38 Å². The van der Waals surface area contributed by atoms with Crippen LogP contribution in [-0.2, 0) is 0 Å². The van der Waals surface area contributed by atoms with Crippen LogP contribution in [0, 0.1) is 5.82 Å². The number of aromatic nitrogens is 2. The van der Waals surface area contributed by atoms with Gasteiger partial charge in [0.2, 0.25) is 0 Å². The first kappa shape index (κ1) is 14.3. The van der Waals surface area contributed by atoms with Crippen molar-refractivity contribution < 1.29 is 4.39 Å². The van der Waals surface area contributed by atoms with E-state index in [-0.39, 0.29) is 5.82 Å². The molecule has 0 amide bonds. The van der Waals surface area contributed by atoms with E-state index in [1.807, 2.05) is 36.5 Å². The normalized spacial score (nSPS) is 12.3. The fourth-order valence-corrected chi connectivity index (χ4v) is 2.70. The van der Waals surface area contributed by atoms with E-state index in [2.05, 4.69) is 21.0 Å². The van der Waals surface area contributed by atoms with Gasteiger partial charge in [0.15, 0.2) is 0 Å². The molecule has 2 nitrogen and oxygen atoms in total. The smallest absolute Gasteiger partial charge is 0.129 e. The van der Waals surface area contributed by atoms with Gasteiger partial charge >= 0.3 is 0 Å². The van der Waals surface area contributed by atoms with Crippen LogP contribution < -0.4 is 0 Å². The molecular weight excluding hydrogens is 355 g/mol. The Morgan fingerprint density at radius 1 is 1.14 bits per heavy atom. The highest BCUT2D eigenvalue weighted by atomic mass is 79.9. The lowest BCUT2D eigenvalue weighted by atomic mass is 10.1. The molecule has 106 valence electrons. The summed E-state index contributed by atoms with van der Waals surface area (Å²) in [6.45, 7) is 0. The number of nitrogens with zero attached hydrogens (tertiary/aromatic N) is 2. The second-order valence-corrected chi connectivity index (χ2v) is 5.93. The minimum atomic E-state index is -0.574. The summed E-state index contributed by atoms with van der Waals surface area (Å²) in [4.78, 5) is 0. The fourth-order valence-electron chi connectivity index (χ4n) is 2.08. The van der Waals surface area contributed by atoms with Crippen molar-refractivity contribution in [2.24, 2.45) is 0 Å². The van der Waals surface area contributed by atoms with Crippen LogP contribution in [0.15, 0.2) is 65.4 Å².